The van der Waals surface area contributed by atoms with E-state index >= 15 is 0 Å². The average molecular weight is 334 g/mol. The van der Waals surface area contributed by atoms with Crippen LogP contribution in [0.4, 0.5) is 0 Å². The molecule has 2 fully saturated rings. The van der Waals surface area contributed by atoms with E-state index in [0.717, 1.165) is 18.4 Å². The number of carbonyl (C=O) groups is 2. The summed E-state index contributed by atoms with van der Waals surface area (Å²) in [5.74, 6) is 1.41. The van der Waals surface area contributed by atoms with E-state index < -0.39 is 6.04 Å². The van der Waals surface area contributed by atoms with Crippen LogP contribution in [0, 0.1) is 0 Å². The molecule has 1 aliphatic carbocycles. The molecule has 2 amide bonds. The highest BCUT2D eigenvalue weighted by atomic mass is 32.2. The van der Waals surface area contributed by atoms with Gasteiger partial charge >= 0.3 is 0 Å². The number of benzene rings is 1. The molecule has 0 unspecified atom stereocenters. The third-order valence-corrected chi connectivity index (χ3v) is 5.82. The highest BCUT2D eigenvalue weighted by Gasteiger charge is 2.50. The highest BCUT2D eigenvalue weighted by molar-refractivity contribution is 7.99. The smallest absolute Gasteiger partial charge is 0.260 e. The van der Waals surface area contributed by atoms with Gasteiger partial charge in [-0.1, -0.05) is 6.07 Å². The quantitative estimate of drug-likeness (QED) is 0.905. The van der Waals surface area contributed by atoms with E-state index in [2.05, 4.69) is 5.32 Å². The normalized spacial score (nSPS) is 25.1. The second-order valence-corrected chi connectivity index (χ2v) is 7.08. The van der Waals surface area contributed by atoms with Crippen LogP contribution in [0.5, 0.6) is 11.5 Å². The fourth-order valence-corrected chi connectivity index (χ4v) is 4.67. The number of methoxy groups -OCH3 is 2. The molecular formula is C16H18N2O4S. The third kappa shape index (κ3) is 2.17. The van der Waals surface area contributed by atoms with E-state index in [4.69, 9.17) is 9.47 Å². The Hall–Kier alpha value is -1.89. The van der Waals surface area contributed by atoms with Crippen LogP contribution in [0.15, 0.2) is 12.1 Å². The van der Waals surface area contributed by atoms with Gasteiger partial charge in [-0.2, -0.15) is 0 Å². The Morgan fingerprint density at radius 2 is 2.09 bits per heavy atom. The summed E-state index contributed by atoms with van der Waals surface area (Å²) in [4.78, 5) is 27.1. The standard InChI is InChI=1S/C16H18N2O4S/c1-21-11-6-5-9-12(13(11)22-2)15(20)18-10(7-23-16(9)18)14(19)17-8-3-4-8/h5-6,8,10,16H,3-4,7H2,1-2H3,(H,17,19)/t10-,16+/m1/s1. The Kier molecular flexibility index (Phi) is 3.41. The van der Waals surface area contributed by atoms with Crippen molar-refractivity contribution in [2.45, 2.75) is 30.3 Å². The molecule has 0 aromatic heterocycles. The van der Waals surface area contributed by atoms with Crippen LogP contribution in [0.25, 0.3) is 0 Å². The lowest BCUT2D eigenvalue weighted by molar-refractivity contribution is -0.124. The number of hydrogen-bond acceptors (Lipinski definition) is 5. The first-order chi connectivity index (χ1) is 11.2. The van der Waals surface area contributed by atoms with Gasteiger partial charge in [0.1, 0.15) is 11.4 Å². The van der Waals surface area contributed by atoms with Crippen LogP contribution in [0.1, 0.15) is 34.1 Å². The first kappa shape index (κ1) is 14.7. The number of carbonyl (C=O) groups excluding carboxylic acids is 2. The summed E-state index contributed by atoms with van der Waals surface area (Å²) >= 11 is 1.62. The molecule has 2 heterocycles. The van der Waals surface area contributed by atoms with Crippen molar-refractivity contribution in [3.05, 3.63) is 23.3 Å². The number of rotatable bonds is 4. The molecule has 1 aromatic carbocycles. The molecule has 122 valence electrons. The van der Waals surface area contributed by atoms with Crippen molar-refractivity contribution in [2.24, 2.45) is 0 Å². The Morgan fingerprint density at radius 3 is 2.74 bits per heavy atom. The number of hydrogen-bond donors (Lipinski definition) is 1. The molecule has 3 aliphatic rings. The van der Waals surface area contributed by atoms with Gasteiger partial charge in [-0.25, -0.2) is 0 Å². The molecule has 7 heteroatoms. The van der Waals surface area contributed by atoms with E-state index in [9.17, 15) is 9.59 Å². The summed E-state index contributed by atoms with van der Waals surface area (Å²) in [5.41, 5.74) is 1.42. The lowest BCUT2D eigenvalue weighted by Gasteiger charge is -2.22. The van der Waals surface area contributed by atoms with Crippen molar-refractivity contribution in [3.8, 4) is 11.5 Å². The predicted molar refractivity (Wildman–Crippen MR) is 85.9 cm³/mol. The van der Waals surface area contributed by atoms with Crippen LogP contribution >= 0.6 is 11.8 Å². The summed E-state index contributed by atoms with van der Waals surface area (Å²) in [7, 11) is 3.07. The number of fused-ring (bicyclic) bond motifs is 3. The first-order valence-electron chi connectivity index (χ1n) is 7.65. The van der Waals surface area contributed by atoms with Gasteiger partial charge in [-0.05, 0) is 18.9 Å². The number of nitrogens with one attached hydrogen (secondary N) is 1. The Labute approximate surface area is 138 Å². The van der Waals surface area contributed by atoms with Gasteiger partial charge in [-0.3, -0.25) is 9.59 Å². The first-order valence-corrected chi connectivity index (χ1v) is 8.70. The molecule has 0 bridgehead atoms. The highest BCUT2D eigenvalue weighted by Crippen LogP contribution is 2.52. The maximum atomic E-state index is 12.9. The van der Waals surface area contributed by atoms with Gasteiger partial charge in [0, 0.05) is 17.4 Å². The molecule has 1 saturated carbocycles. The Balaban J connectivity index is 1.69. The molecule has 2 atom stereocenters. The number of nitrogens with zero attached hydrogens (tertiary/aromatic N) is 1. The molecule has 1 N–H and O–H groups in total. The zero-order valence-electron chi connectivity index (χ0n) is 13.0. The molecular weight excluding hydrogens is 316 g/mol. The number of ether oxygens (including phenoxy) is 2. The average Bonchev–Trinajstić information content (AvgIpc) is 3.18. The van der Waals surface area contributed by atoms with Crippen molar-refractivity contribution in [2.75, 3.05) is 20.0 Å². The van der Waals surface area contributed by atoms with Crippen molar-refractivity contribution >= 4 is 23.6 Å². The van der Waals surface area contributed by atoms with Crippen molar-refractivity contribution < 1.29 is 19.1 Å². The maximum Gasteiger partial charge on any atom is 0.260 e. The van der Waals surface area contributed by atoms with Gasteiger partial charge in [0.2, 0.25) is 5.91 Å². The predicted octanol–water partition coefficient (Wildman–Crippen LogP) is 1.55. The molecule has 23 heavy (non-hydrogen) atoms. The minimum Gasteiger partial charge on any atom is -0.493 e. The van der Waals surface area contributed by atoms with E-state index in [0.29, 0.717) is 28.9 Å². The van der Waals surface area contributed by atoms with Gasteiger partial charge in [0.15, 0.2) is 11.5 Å². The van der Waals surface area contributed by atoms with Crippen LogP contribution in [-0.4, -0.2) is 48.8 Å². The molecule has 6 nitrogen and oxygen atoms in total. The van der Waals surface area contributed by atoms with E-state index in [-0.39, 0.29) is 17.2 Å². The van der Waals surface area contributed by atoms with Crippen LogP contribution < -0.4 is 14.8 Å². The van der Waals surface area contributed by atoms with Gasteiger partial charge in [0.05, 0.1) is 19.8 Å². The number of amides is 2. The Bertz CT molecular complexity index is 689. The van der Waals surface area contributed by atoms with Crippen molar-refractivity contribution in [1.29, 1.82) is 0 Å². The molecule has 1 aromatic rings. The monoisotopic (exact) mass is 334 g/mol. The fourth-order valence-electron chi connectivity index (χ4n) is 3.22. The third-order valence-electron chi connectivity index (χ3n) is 4.52. The van der Waals surface area contributed by atoms with E-state index in [1.54, 1.807) is 23.8 Å². The zero-order valence-corrected chi connectivity index (χ0v) is 13.8. The van der Waals surface area contributed by atoms with E-state index in [1.807, 2.05) is 12.1 Å². The summed E-state index contributed by atoms with van der Waals surface area (Å²) in [6.07, 6.45) is 2.07. The molecule has 2 aliphatic heterocycles. The molecule has 4 rings (SSSR count). The largest absolute Gasteiger partial charge is 0.493 e. The lowest BCUT2D eigenvalue weighted by Crippen LogP contribution is -2.46. The fraction of sp³-hybridized carbons (Fsp3) is 0.500. The van der Waals surface area contributed by atoms with E-state index in [1.165, 1.54) is 7.11 Å². The maximum absolute atomic E-state index is 12.9. The summed E-state index contributed by atoms with van der Waals surface area (Å²) in [6, 6.07) is 3.59. The molecule has 1 saturated heterocycles. The summed E-state index contributed by atoms with van der Waals surface area (Å²) in [6.45, 7) is 0. The van der Waals surface area contributed by atoms with Crippen molar-refractivity contribution in [1.82, 2.24) is 10.2 Å². The Morgan fingerprint density at radius 1 is 1.30 bits per heavy atom. The van der Waals surface area contributed by atoms with Crippen molar-refractivity contribution in [3.63, 3.8) is 0 Å². The number of thioether (sulfide) groups is 1. The summed E-state index contributed by atoms with van der Waals surface area (Å²) in [5, 5.41) is 2.89. The van der Waals surface area contributed by atoms with Gasteiger partial charge in [0.25, 0.3) is 5.91 Å². The minimum atomic E-state index is -0.416. The molecule has 0 spiro atoms. The second kappa shape index (κ2) is 5.33. The SMILES string of the molecule is COc1ccc2c(c1OC)C(=O)N1[C@@H](C(=O)NC3CC3)CS[C@@H]21. The van der Waals surface area contributed by atoms with Crippen LogP contribution in [-0.2, 0) is 4.79 Å². The zero-order chi connectivity index (χ0) is 16.1. The van der Waals surface area contributed by atoms with Crippen LogP contribution in [0.2, 0.25) is 0 Å². The lowest BCUT2D eigenvalue weighted by atomic mass is 10.1. The topological polar surface area (TPSA) is 67.9 Å². The van der Waals surface area contributed by atoms with Gasteiger partial charge < -0.3 is 19.7 Å². The minimum absolute atomic E-state index is 0.0467. The van der Waals surface area contributed by atoms with Gasteiger partial charge in [-0.15, -0.1) is 11.8 Å². The molecule has 0 radical (unpaired) electrons. The van der Waals surface area contributed by atoms with Crippen LogP contribution in [0.3, 0.4) is 0 Å². The second-order valence-electron chi connectivity index (χ2n) is 5.96. The summed E-state index contributed by atoms with van der Waals surface area (Å²) < 4.78 is 10.7.